The number of hydrogen-bond donors (Lipinski definition) is 0. The summed E-state index contributed by atoms with van der Waals surface area (Å²) in [6.45, 7) is 6.38. The van der Waals surface area contributed by atoms with Gasteiger partial charge in [-0.2, -0.15) is 0 Å². The molecule has 1 atom stereocenters. The largest absolute Gasteiger partial charge is 0.462 e. The molecule has 1 unspecified atom stereocenters. The molecule has 0 radical (unpaired) electrons. The Bertz CT molecular complexity index is 1160. The van der Waals surface area contributed by atoms with E-state index in [1.54, 1.807) is 0 Å². The molecule has 0 aromatic carbocycles. The van der Waals surface area contributed by atoms with Gasteiger partial charge in [0.25, 0.3) is 0 Å². The number of ether oxygens (including phenoxy) is 3. The van der Waals surface area contributed by atoms with E-state index in [0.29, 0.717) is 19.3 Å². The molecule has 0 bridgehead atoms. The van der Waals surface area contributed by atoms with Gasteiger partial charge in [0.2, 0.25) is 0 Å². The quantitative estimate of drug-likeness (QED) is 0.0200. The number of carbonyl (C=O) groups excluding carboxylic acids is 3. The SMILES string of the molecule is CC\C=C/C=C\C=C/CCCCCCCCCC(=O)OC(COC(=O)CCCCCCCC/C=C\C/C=C\C/C=C\CC)COC(=O)CCCCCCCCCCCCCC. The molecule has 0 aromatic heterocycles. The number of rotatable bonds is 45. The van der Waals surface area contributed by atoms with E-state index >= 15 is 0 Å². The van der Waals surface area contributed by atoms with Crippen molar-refractivity contribution in [3.63, 3.8) is 0 Å². The van der Waals surface area contributed by atoms with Gasteiger partial charge >= 0.3 is 17.9 Å². The van der Waals surface area contributed by atoms with Crippen molar-refractivity contribution in [1.29, 1.82) is 0 Å². The van der Waals surface area contributed by atoms with Crippen molar-refractivity contribution in [1.82, 2.24) is 0 Å². The van der Waals surface area contributed by atoms with Crippen LogP contribution in [0.4, 0.5) is 0 Å². The van der Waals surface area contributed by atoms with Gasteiger partial charge in [-0.05, 0) is 70.6 Å². The van der Waals surface area contributed by atoms with Crippen LogP contribution in [0.2, 0.25) is 0 Å². The molecular weight excluding hydrogens is 757 g/mol. The fourth-order valence-corrected chi connectivity index (χ4v) is 6.99. The van der Waals surface area contributed by atoms with Crippen LogP contribution in [0.15, 0.2) is 72.9 Å². The highest BCUT2D eigenvalue weighted by Crippen LogP contribution is 2.15. The van der Waals surface area contributed by atoms with Gasteiger partial charge in [-0.25, -0.2) is 0 Å². The van der Waals surface area contributed by atoms with Crippen LogP contribution in [0.1, 0.15) is 239 Å². The summed E-state index contributed by atoms with van der Waals surface area (Å²) >= 11 is 0. The van der Waals surface area contributed by atoms with Gasteiger partial charge in [0.15, 0.2) is 6.10 Å². The summed E-state index contributed by atoms with van der Waals surface area (Å²) < 4.78 is 16.8. The zero-order valence-corrected chi connectivity index (χ0v) is 39.9. The second kappa shape index (κ2) is 49.5. The first-order chi connectivity index (χ1) is 30.0. The van der Waals surface area contributed by atoms with Gasteiger partial charge in [0.05, 0.1) is 0 Å². The van der Waals surface area contributed by atoms with E-state index < -0.39 is 6.10 Å². The van der Waals surface area contributed by atoms with E-state index in [9.17, 15) is 14.4 Å². The van der Waals surface area contributed by atoms with Crippen LogP contribution in [0.5, 0.6) is 0 Å². The van der Waals surface area contributed by atoms with Crippen LogP contribution in [-0.2, 0) is 28.6 Å². The molecule has 6 heteroatoms. The zero-order valence-electron chi connectivity index (χ0n) is 39.9. The second-order valence-corrected chi connectivity index (χ2v) is 16.7. The van der Waals surface area contributed by atoms with Gasteiger partial charge < -0.3 is 14.2 Å². The predicted molar refractivity (Wildman–Crippen MR) is 261 cm³/mol. The lowest BCUT2D eigenvalue weighted by Gasteiger charge is -2.18. The predicted octanol–water partition coefficient (Wildman–Crippen LogP) is 16.6. The molecule has 0 rings (SSSR count). The van der Waals surface area contributed by atoms with Gasteiger partial charge in [-0.1, -0.05) is 222 Å². The summed E-state index contributed by atoms with van der Waals surface area (Å²) in [5, 5.41) is 0. The molecule has 0 aliphatic rings. The van der Waals surface area contributed by atoms with Gasteiger partial charge in [0.1, 0.15) is 13.2 Å². The van der Waals surface area contributed by atoms with Crippen LogP contribution >= 0.6 is 0 Å². The molecule has 61 heavy (non-hydrogen) atoms. The molecule has 0 saturated heterocycles. The molecular formula is C55H94O6. The lowest BCUT2D eigenvalue weighted by molar-refractivity contribution is -0.167. The third-order valence-corrected chi connectivity index (χ3v) is 10.8. The highest BCUT2D eigenvalue weighted by atomic mass is 16.6. The number of unbranched alkanes of at least 4 members (excludes halogenated alkanes) is 24. The molecule has 0 aliphatic heterocycles. The van der Waals surface area contributed by atoms with E-state index in [4.69, 9.17) is 14.2 Å². The molecule has 6 nitrogen and oxygen atoms in total. The fourth-order valence-electron chi connectivity index (χ4n) is 6.99. The first kappa shape index (κ1) is 57.9. The number of hydrogen-bond acceptors (Lipinski definition) is 6. The summed E-state index contributed by atoms with van der Waals surface area (Å²) in [5.74, 6) is -0.907. The van der Waals surface area contributed by atoms with Crippen LogP contribution < -0.4 is 0 Å². The summed E-state index contributed by atoms with van der Waals surface area (Å²) in [6, 6.07) is 0. The number of allylic oxidation sites excluding steroid dienone is 12. The van der Waals surface area contributed by atoms with E-state index in [2.05, 4.69) is 93.7 Å². The van der Waals surface area contributed by atoms with Crippen molar-refractivity contribution >= 4 is 17.9 Å². The third-order valence-electron chi connectivity index (χ3n) is 10.8. The molecule has 0 spiro atoms. The van der Waals surface area contributed by atoms with Crippen molar-refractivity contribution in [2.45, 2.75) is 245 Å². The Morgan fingerprint density at radius 1 is 0.361 bits per heavy atom. The normalized spacial score (nSPS) is 12.6. The Kier molecular flexibility index (Phi) is 46.9. The van der Waals surface area contributed by atoms with Crippen molar-refractivity contribution < 1.29 is 28.6 Å². The summed E-state index contributed by atoms with van der Waals surface area (Å²) in [4.78, 5) is 38.0. The maximum absolute atomic E-state index is 12.8. The van der Waals surface area contributed by atoms with E-state index in [1.165, 1.54) is 103 Å². The zero-order chi connectivity index (χ0) is 44.4. The lowest BCUT2D eigenvalue weighted by atomic mass is 10.0. The Morgan fingerprint density at radius 3 is 1.18 bits per heavy atom. The van der Waals surface area contributed by atoms with Crippen LogP contribution in [-0.4, -0.2) is 37.2 Å². The first-order valence-electron chi connectivity index (χ1n) is 25.5. The van der Waals surface area contributed by atoms with E-state index in [0.717, 1.165) is 96.3 Å². The third kappa shape index (κ3) is 47.7. The minimum Gasteiger partial charge on any atom is -0.462 e. The number of carbonyl (C=O) groups is 3. The Labute approximate surface area is 376 Å². The molecule has 0 aromatic rings. The lowest BCUT2D eigenvalue weighted by Crippen LogP contribution is -2.30. The van der Waals surface area contributed by atoms with Gasteiger partial charge in [-0.15, -0.1) is 0 Å². The summed E-state index contributed by atoms with van der Waals surface area (Å²) in [6.07, 6.45) is 61.6. The maximum atomic E-state index is 12.8. The average molecular weight is 851 g/mol. The van der Waals surface area contributed by atoms with Crippen molar-refractivity contribution in [2.24, 2.45) is 0 Å². The van der Waals surface area contributed by atoms with E-state index in [-0.39, 0.29) is 31.1 Å². The molecule has 0 aliphatic carbocycles. The Morgan fingerprint density at radius 2 is 0.721 bits per heavy atom. The van der Waals surface area contributed by atoms with Crippen molar-refractivity contribution in [3.05, 3.63) is 72.9 Å². The molecule has 350 valence electrons. The summed E-state index contributed by atoms with van der Waals surface area (Å²) in [7, 11) is 0. The monoisotopic (exact) mass is 851 g/mol. The highest BCUT2D eigenvalue weighted by Gasteiger charge is 2.19. The van der Waals surface area contributed by atoms with Crippen molar-refractivity contribution in [2.75, 3.05) is 13.2 Å². The first-order valence-corrected chi connectivity index (χ1v) is 25.5. The minimum absolute atomic E-state index is 0.0833. The van der Waals surface area contributed by atoms with Crippen molar-refractivity contribution in [3.8, 4) is 0 Å². The van der Waals surface area contributed by atoms with Gasteiger partial charge in [-0.3, -0.25) is 14.4 Å². The summed E-state index contributed by atoms with van der Waals surface area (Å²) in [5.41, 5.74) is 0. The molecule has 0 amide bonds. The molecule has 0 fully saturated rings. The highest BCUT2D eigenvalue weighted by molar-refractivity contribution is 5.71. The van der Waals surface area contributed by atoms with Crippen LogP contribution in [0.3, 0.4) is 0 Å². The molecule has 0 heterocycles. The fraction of sp³-hybridized carbons (Fsp3) is 0.727. The second-order valence-electron chi connectivity index (χ2n) is 16.7. The molecule has 0 N–H and O–H groups in total. The van der Waals surface area contributed by atoms with Crippen LogP contribution in [0.25, 0.3) is 0 Å². The number of esters is 3. The van der Waals surface area contributed by atoms with Crippen LogP contribution in [0, 0.1) is 0 Å². The minimum atomic E-state index is -0.785. The van der Waals surface area contributed by atoms with Gasteiger partial charge in [0, 0.05) is 19.3 Å². The smallest absolute Gasteiger partial charge is 0.306 e. The van der Waals surface area contributed by atoms with E-state index in [1.807, 2.05) is 0 Å². The molecule has 0 saturated carbocycles. The maximum Gasteiger partial charge on any atom is 0.306 e. The standard InChI is InChI=1S/C55H94O6/c1-4-7-10-13-16-19-22-25-27-29-30-33-36-39-42-45-48-54(57)60-51-52(50-59-53(56)47-44-41-38-35-32-24-21-18-15-12-9-6-3)61-55(58)49-46-43-40-37-34-31-28-26-23-20-17-14-11-8-5-2/h7-8,10-11,14,16-17,19-20,23,25,27,52H,4-6,9,12-13,15,18,21-22,24,26,28-51H2,1-3H3/b10-7-,11-8-,17-14-,19-16-,23-20-,27-25-. The Balaban J connectivity index is 4.41. The average Bonchev–Trinajstić information content (AvgIpc) is 3.26. The topological polar surface area (TPSA) is 78.9 Å². The Hall–Kier alpha value is -3.15.